The lowest BCUT2D eigenvalue weighted by Gasteiger charge is -2.50. The lowest BCUT2D eigenvalue weighted by atomic mass is 9.70. The molecule has 2 aliphatic carbocycles. The first-order valence-corrected chi connectivity index (χ1v) is 19.6. The Morgan fingerprint density at radius 1 is 0.551 bits per heavy atom. The van der Waals surface area contributed by atoms with E-state index in [1.165, 1.54) is 0 Å². The van der Waals surface area contributed by atoms with Gasteiger partial charge < -0.3 is 104 Å². The average Bonchev–Trinajstić information content (AvgIpc) is 3.27. The third-order valence-corrected chi connectivity index (χ3v) is 12.4. The zero-order valence-electron chi connectivity index (χ0n) is 33.7. The number of fused-ring (bicyclic) bond motifs is 2. The summed E-state index contributed by atoms with van der Waals surface area (Å²) in [5, 5.41) is 142. The molecule has 0 radical (unpaired) electrons. The van der Waals surface area contributed by atoms with E-state index in [2.05, 4.69) is 0 Å². The molecule has 13 N–H and O–H groups in total. The molecule has 10 rings (SSSR count). The van der Waals surface area contributed by atoms with Crippen LogP contribution < -0.4 is 9.47 Å². The van der Waals surface area contributed by atoms with Crippen molar-refractivity contribution in [1.82, 2.24) is 0 Å². The second kappa shape index (κ2) is 14.1. The van der Waals surface area contributed by atoms with Gasteiger partial charge >= 0.3 is 41.4 Å². The second-order valence-corrected chi connectivity index (χ2v) is 16.3. The molecule has 9 atom stereocenters. The molecule has 28 nitrogen and oxygen atoms in total. The van der Waals surface area contributed by atoms with Crippen molar-refractivity contribution < 1.29 is 138 Å². The van der Waals surface area contributed by atoms with Crippen LogP contribution in [0.2, 0.25) is 0 Å². The van der Waals surface area contributed by atoms with E-state index in [1.54, 1.807) is 0 Å². The van der Waals surface area contributed by atoms with Crippen molar-refractivity contribution in [2.45, 2.75) is 65.7 Å². The lowest BCUT2D eigenvalue weighted by Crippen LogP contribution is -2.70. The van der Waals surface area contributed by atoms with Gasteiger partial charge in [-0.15, -0.1) is 0 Å². The SMILES string of the molecule is O=C1O[C@@H]2[C@H]3OC(=O)c4cc(O)c(O)c5c4[C@@H]4C(=CC(=O)[C@](O)(O5)C4(O)O)C(=O)O[C@@H]2[C@@H](COC(=O)c2cc(O)c(O)c4c2C2C1=CC(=O)C(O)(O4)C2(O)O)O[C@H]3OC(=O)c1cc(O)c(O)c(O)c1. The van der Waals surface area contributed by atoms with Crippen LogP contribution >= 0.6 is 0 Å². The Bertz CT molecular complexity index is 3010. The van der Waals surface area contributed by atoms with E-state index in [0.29, 0.717) is 24.3 Å². The Kier molecular flexibility index (Phi) is 9.14. The van der Waals surface area contributed by atoms with Crippen molar-refractivity contribution in [2.75, 3.05) is 6.61 Å². The summed E-state index contributed by atoms with van der Waals surface area (Å²) in [6, 6.07) is 1.96. The van der Waals surface area contributed by atoms with Gasteiger partial charge in [0, 0.05) is 11.1 Å². The fraction of sp³-hybridized carbons (Fsp3) is 0.293. The number of ketones is 2. The summed E-state index contributed by atoms with van der Waals surface area (Å²) >= 11 is 0. The van der Waals surface area contributed by atoms with Gasteiger partial charge in [0.25, 0.3) is 11.6 Å². The quantitative estimate of drug-likeness (QED) is 0.0506. The van der Waals surface area contributed by atoms with Crippen LogP contribution in [0.25, 0.3) is 0 Å². The predicted octanol–water partition coefficient (Wildman–Crippen LogP) is -3.85. The van der Waals surface area contributed by atoms with Gasteiger partial charge in [-0.05, 0) is 36.4 Å². The van der Waals surface area contributed by atoms with Crippen LogP contribution in [0, 0.1) is 0 Å². The maximum atomic E-state index is 14.7. The number of benzene rings is 3. The Balaban J connectivity index is 1.20. The van der Waals surface area contributed by atoms with Gasteiger partial charge in [0.15, 0.2) is 52.5 Å². The molecule has 69 heavy (non-hydrogen) atoms. The maximum Gasteiger partial charge on any atom is 0.340 e. The fourth-order valence-corrected chi connectivity index (χ4v) is 9.07. The van der Waals surface area contributed by atoms with E-state index < -0.39 is 204 Å². The van der Waals surface area contributed by atoms with Crippen LogP contribution in [-0.4, -0.2) is 168 Å². The molecule has 8 bridgehead atoms. The Hall–Kier alpha value is -8.25. The van der Waals surface area contributed by atoms with E-state index in [-0.39, 0.29) is 12.2 Å². The predicted molar refractivity (Wildman–Crippen MR) is 201 cm³/mol. The number of phenolic OH excluding ortho intramolecular Hbond substituents is 7. The number of esters is 5. The molecular formula is C41H28O28. The van der Waals surface area contributed by atoms with E-state index in [0.717, 1.165) is 0 Å². The zero-order valence-corrected chi connectivity index (χ0v) is 33.7. The van der Waals surface area contributed by atoms with Gasteiger partial charge in [-0.1, -0.05) is 0 Å². The number of carbonyl (C=O) groups is 7. The molecule has 1 fully saturated rings. The average molecular weight is 969 g/mol. The normalized spacial score (nSPS) is 31.2. The maximum absolute atomic E-state index is 14.7. The lowest BCUT2D eigenvalue weighted by molar-refractivity contribution is -0.340. The standard InChI is InChI=1S/C41H28O28/c42-13-1-8(2-14(43)24(13)48)32(51)67-37-31-30-27(64-35(54)11-5-18(46)41(61)39(58,59)23(11)21-10(34(53)66-31)4-16(45)26(50)29(21)69-41)17(63-37)7-62-33(52)9-3-15(44)25(49)28-20(9)22-12(36(55)65-30)6-19(47)40(60,68-28)38(22,56)57/h1-6,17,22-23,27,30-31,37,42-45,48-50,56-61H,7H2/t17-,22?,23+,27-,30+,31-,37+,40?,41+/m1/s1. The van der Waals surface area contributed by atoms with E-state index in [1.807, 2.05) is 0 Å². The minimum atomic E-state index is -4.02. The van der Waals surface area contributed by atoms with E-state index >= 15 is 0 Å². The summed E-state index contributed by atoms with van der Waals surface area (Å²) in [5.41, 5.74) is -7.28. The molecule has 0 saturated carbocycles. The highest BCUT2D eigenvalue weighted by atomic mass is 16.8. The van der Waals surface area contributed by atoms with Gasteiger partial charge in [0.1, 0.15) is 12.7 Å². The Morgan fingerprint density at radius 2 is 0.986 bits per heavy atom. The molecule has 5 aliphatic heterocycles. The van der Waals surface area contributed by atoms with Crippen LogP contribution in [-0.2, 0) is 47.6 Å². The van der Waals surface area contributed by atoms with Crippen LogP contribution in [0.3, 0.4) is 0 Å². The molecular weight excluding hydrogens is 940 g/mol. The van der Waals surface area contributed by atoms with E-state index in [9.17, 15) is 99.9 Å². The number of aromatic hydroxyl groups is 7. The summed E-state index contributed by atoms with van der Waals surface area (Å²) in [4.78, 5) is 98.7. The molecule has 2 unspecified atom stereocenters. The number of rotatable bonds is 2. The minimum absolute atomic E-state index is 0.217. The Morgan fingerprint density at radius 3 is 1.48 bits per heavy atom. The first-order chi connectivity index (χ1) is 32.2. The smallest absolute Gasteiger partial charge is 0.340 e. The van der Waals surface area contributed by atoms with Crippen molar-refractivity contribution in [3.8, 4) is 51.7 Å². The van der Waals surface area contributed by atoms with Crippen molar-refractivity contribution >= 4 is 41.4 Å². The number of carbonyl (C=O) groups excluding carboxylic acids is 7. The molecule has 5 heterocycles. The van der Waals surface area contributed by atoms with E-state index in [4.69, 9.17) is 37.9 Å². The highest BCUT2D eigenvalue weighted by Crippen LogP contribution is 2.60. The summed E-state index contributed by atoms with van der Waals surface area (Å²) in [6.45, 7) is -1.32. The molecule has 0 aromatic heterocycles. The van der Waals surface area contributed by atoms with Crippen molar-refractivity contribution in [2.24, 2.45) is 0 Å². The van der Waals surface area contributed by atoms with Crippen molar-refractivity contribution in [1.29, 1.82) is 0 Å². The zero-order chi connectivity index (χ0) is 49.9. The molecule has 7 aliphatic rings. The van der Waals surface area contributed by atoms with Gasteiger partial charge in [0.05, 0.1) is 39.7 Å². The summed E-state index contributed by atoms with van der Waals surface area (Å²) in [5.74, 6) is -44.5. The van der Waals surface area contributed by atoms with Gasteiger partial charge in [-0.25, -0.2) is 24.0 Å². The fourth-order valence-electron chi connectivity index (χ4n) is 9.07. The summed E-state index contributed by atoms with van der Waals surface area (Å²) in [6.07, 6.45) is -12.1. The van der Waals surface area contributed by atoms with Crippen LogP contribution in [0.15, 0.2) is 47.6 Å². The number of hydrogen-bond acceptors (Lipinski definition) is 28. The largest absolute Gasteiger partial charge is 0.504 e. The highest BCUT2D eigenvalue weighted by molar-refractivity contribution is 6.10. The molecule has 3 aromatic carbocycles. The first-order valence-electron chi connectivity index (χ1n) is 19.6. The van der Waals surface area contributed by atoms with Crippen LogP contribution in [0.4, 0.5) is 0 Å². The van der Waals surface area contributed by atoms with Gasteiger partial charge in [0.2, 0.25) is 35.5 Å². The molecule has 360 valence electrons. The molecule has 1 saturated heterocycles. The topological polar surface area (TPSA) is 456 Å². The first kappa shape index (κ1) is 44.6. The van der Waals surface area contributed by atoms with Crippen molar-refractivity contribution in [3.63, 3.8) is 0 Å². The monoisotopic (exact) mass is 968 g/mol. The van der Waals surface area contributed by atoms with Gasteiger partial charge in [-0.2, -0.15) is 0 Å². The highest BCUT2D eigenvalue weighted by Gasteiger charge is 2.72. The van der Waals surface area contributed by atoms with Gasteiger partial charge in [-0.3, -0.25) is 9.59 Å². The number of aliphatic hydroxyl groups is 6. The third-order valence-electron chi connectivity index (χ3n) is 12.4. The minimum Gasteiger partial charge on any atom is -0.504 e. The van der Waals surface area contributed by atoms with Crippen LogP contribution in [0.1, 0.15) is 54.0 Å². The van der Waals surface area contributed by atoms with Crippen LogP contribution in [0.5, 0.6) is 51.7 Å². The molecule has 0 amide bonds. The number of ether oxygens (including phenoxy) is 8. The number of cyclic esters (lactones) is 1. The molecule has 0 spiro atoms. The molecule has 28 heteroatoms. The summed E-state index contributed by atoms with van der Waals surface area (Å²) < 4.78 is 44.1. The van der Waals surface area contributed by atoms with Crippen molar-refractivity contribution in [3.05, 3.63) is 75.4 Å². The Labute approximate surface area is 378 Å². The third kappa shape index (κ3) is 5.84. The number of hydrogen-bond donors (Lipinski definition) is 13. The summed E-state index contributed by atoms with van der Waals surface area (Å²) in [7, 11) is 0. The number of phenols is 7. The molecule has 3 aromatic rings. The second-order valence-electron chi connectivity index (χ2n) is 16.3.